The molecule has 1 aliphatic heterocycles. The average molecular weight is 249 g/mol. The minimum absolute atomic E-state index is 0.0782. The van der Waals surface area contributed by atoms with Gasteiger partial charge in [0.15, 0.2) is 5.78 Å². The van der Waals surface area contributed by atoms with E-state index < -0.39 is 5.41 Å². The fraction of sp³-hybridized carbons (Fsp3) is 0.125. The number of carbonyl (C=O) groups excluding carboxylic acids is 2. The van der Waals surface area contributed by atoms with E-state index in [0.29, 0.717) is 12.0 Å². The van der Waals surface area contributed by atoms with E-state index >= 15 is 0 Å². The first-order valence-corrected chi connectivity index (χ1v) is 6.27. The van der Waals surface area contributed by atoms with Crippen LogP contribution in [-0.4, -0.2) is 11.7 Å². The molecule has 1 atom stereocenters. The number of carbonyl (C=O) groups is 2. The first-order chi connectivity index (χ1) is 9.23. The third-order valence-electron chi connectivity index (χ3n) is 4.13. The third-order valence-corrected chi connectivity index (χ3v) is 4.13. The number of rotatable bonds is 0. The van der Waals surface area contributed by atoms with Crippen LogP contribution >= 0.6 is 0 Å². The molecule has 0 bridgehead atoms. The van der Waals surface area contributed by atoms with Crippen LogP contribution in [-0.2, 0) is 16.6 Å². The van der Waals surface area contributed by atoms with Gasteiger partial charge in [-0.05, 0) is 23.6 Å². The number of benzene rings is 2. The fourth-order valence-corrected chi connectivity index (χ4v) is 3.21. The molecule has 0 saturated heterocycles. The van der Waals surface area contributed by atoms with Crippen molar-refractivity contribution in [1.82, 2.24) is 0 Å². The SMILES string of the molecule is O=C1Nc2ccccc2[C@]12Cc1ccccc1C2=O. The number of hydrogen-bond donors (Lipinski definition) is 1. The summed E-state index contributed by atoms with van der Waals surface area (Å²) in [6.45, 7) is 0. The van der Waals surface area contributed by atoms with Crippen molar-refractivity contribution in [2.24, 2.45) is 0 Å². The molecule has 1 aliphatic carbocycles. The molecule has 3 nitrogen and oxygen atoms in total. The van der Waals surface area contributed by atoms with E-state index in [0.717, 1.165) is 16.8 Å². The van der Waals surface area contributed by atoms with Crippen LogP contribution in [0.15, 0.2) is 48.5 Å². The Morgan fingerprint density at radius 2 is 1.68 bits per heavy atom. The molecule has 19 heavy (non-hydrogen) atoms. The van der Waals surface area contributed by atoms with Crippen LogP contribution in [0, 0.1) is 0 Å². The van der Waals surface area contributed by atoms with Gasteiger partial charge in [-0.3, -0.25) is 9.59 Å². The van der Waals surface area contributed by atoms with Crippen molar-refractivity contribution >= 4 is 17.4 Å². The van der Waals surface area contributed by atoms with Gasteiger partial charge in [0.1, 0.15) is 5.41 Å². The van der Waals surface area contributed by atoms with Gasteiger partial charge in [0.25, 0.3) is 0 Å². The number of hydrogen-bond acceptors (Lipinski definition) is 2. The van der Waals surface area contributed by atoms with Gasteiger partial charge in [-0.1, -0.05) is 42.5 Å². The zero-order valence-electron chi connectivity index (χ0n) is 10.1. The second kappa shape index (κ2) is 3.32. The molecule has 1 heterocycles. The highest BCUT2D eigenvalue weighted by Gasteiger charge is 2.56. The molecule has 92 valence electrons. The molecule has 1 spiro atoms. The van der Waals surface area contributed by atoms with Crippen LogP contribution in [0.25, 0.3) is 0 Å². The van der Waals surface area contributed by atoms with E-state index in [2.05, 4.69) is 5.32 Å². The van der Waals surface area contributed by atoms with Crippen LogP contribution in [0.3, 0.4) is 0 Å². The van der Waals surface area contributed by atoms with Crippen LogP contribution in [0.1, 0.15) is 21.5 Å². The van der Waals surface area contributed by atoms with Crippen molar-refractivity contribution in [2.45, 2.75) is 11.8 Å². The maximum atomic E-state index is 12.7. The number of ketones is 1. The topological polar surface area (TPSA) is 46.2 Å². The molecular formula is C16H11NO2. The summed E-state index contributed by atoms with van der Waals surface area (Å²) in [5, 5.41) is 2.84. The van der Waals surface area contributed by atoms with E-state index in [4.69, 9.17) is 0 Å². The lowest BCUT2D eigenvalue weighted by atomic mass is 9.78. The molecule has 1 N–H and O–H groups in total. The van der Waals surface area contributed by atoms with Gasteiger partial charge < -0.3 is 5.32 Å². The molecule has 3 heteroatoms. The summed E-state index contributed by atoms with van der Waals surface area (Å²) in [4.78, 5) is 25.1. The second-order valence-corrected chi connectivity index (χ2v) is 5.07. The van der Waals surface area contributed by atoms with Gasteiger partial charge >= 0.3 is 0 Å². The number of anilines is 1. The Bertz CT molecular complexity index is 735. The van der Waals surface area contributed by atoms with Crippen molar-refractivity contribution in [3.05, 3.63) is 65.2 Å². The summed E-state index contributed by atoms with van der Waals surface area (Å²) >= 11 is 0. The van der Waals surface area contributed by atoms with Crippen LogP contribution in [0.4, 0.5) is 5.69 Å². The summed E-state index contributed by atoms with van der Waals surface area (Å²) in [6.07, 6.45) is 0.463. The average Bonchev–Trinajstić information content (AvgIpc) is 2.89. The lowest BCUT2D eigenvalue weighted by Crippen LogP contribution is -2.40. The summed E-state index contributed by atoms with van der Waals surface area (Å²) in [6, 6.07) is 14.9. The molecule has 0 aromatic heterocycles. The molecule has 2 aromatic rings. The predicted octanol–water partition coefficient (Wildman–Crippen LogP) is 2.32. The highest BCUT2D eigenvalue weighted by atomic mass is 16.2. The van der Waals surface area contributed by atoms with Crippen LogP contribution < -0.4 is 5.32 Å². The van der Waals surface area contributed by atoms with Crippen molar-refractivity contribution in [3.8, 4) is 0 Å². The lowest BCUT2D eigenvalue weighted by Gasteiger charge is -2.18. The number of Topliss-reactive ketones (excluding diaryl/α,β-unsaturated/α-hetero) is 1. The summed E-state index contributed by atoms with van der Waals surface area (Å²) in [5.74, 6) is -0.277. The van der Waals surface area contributed by atoms with E-state index in [1.807, 2.05) is 42.5 Å². The Morgan fingerprint density at radius 1 is 0.947 bits per heavy atom. The molecular weight excluding hydrogens is 238 g/mol. The zero-order chi connectivity index (χ0) is 13.0. The number of para-hydroxylation sites is 1. The largest absolute Gasteiger partial charge is 0.325 e. The minimum Gasteiger partial charge on any atom is -0.325 e. The van der Waals surface area contributed by atoms with Gasteiger partial charge in [-0.15, -0.1) is 0 Å². The molecule has 0 unspecified atom stereocenters. The lowest BCUT2D eigenvalue weighted by molar-refractivity contribution is -0.119. The van der Waals surface area contributed by atoms with Crippen molar-refractivity contribution in [1.29, 1.82) is 0 Å². The molecule has 0 fully saturated rings. The first kappa shape index (κ1) is 10.5. The van der Waals surface area contributed by atoms with Crippen molar-refractivity contribution in [3.63, 3.8) is 0 Å². The summed E-state index contributed by atoms with van der Waals surface area (Å²) in [7, 11) is 0. The van der Waals surface area contributed by atoms with Crippen molar-refractivity contribution in [2.75, 3.05) is 5.32 Å². The first-order valence-electron chi connectivity index (χ1n) is 6.27. The Hall–Kier alpha value is -2.42. The predicted molar refractivity (Wildman–Crippen MR) is 71.2 cm³/mol. The van der Waals surface area contributed by atoms with E-state index in [1.165, 1.54) is 0 Å². The molecule has 0 radical (unpaired) electrons. The van der Waals surface area contributed by atoms with Gasteiger partial charge in [0.05, 0.1) is 0 Å². The van der Waals surface area contributed by atoms with Crippen LogP contribution in [0.2, 0.25) is 0 Å². The Balaban J connectivity index is 1.99. The van der Waals surface area contributed by atoms with E-state index in [-0.39, 0.29) is 11.7 Å². The third kappa shape index (κ3) is 1.12. The zero-order valence-corrected chi connectivity index (χ0v) is 10.1. The number of nitrogens with one attached hydrogen (secondary N) is 1. The van der Waals surface area contributed by atoms with E-state index in [9.17, 15) is 9.59 Å². The smallest absolute Gasteiger partial charge is 0.243 e. The fourth-order valence-electron chi connectivity index (χ4n) is 3.21. The number of fused-ring (bicyclic) bond motifs is 3. The minimum atomic E-state index is -1.04. The van der Waals surface area contributed by atoms with Gasteiger partial charge in [-0.2, -0.15) is 0 Å². The standard InChI is InChI=1S/C16H11NO2/c18-14-11-6-2-1-5-10(11)9-16(14)12-7-3-4-8-13(12)17-15(16)19/h1-8H,9H2,(H,17,19)/t16-/m0/s1. The van der Waals surface area contributed by atoms with E-state index in [1.54, 1.807) is 6.07 Å². The monoisotopic (exact) mass is 249 g/mol. The van der Waals surface area contributed by atoms with Gasteiger partial charge in [0, 0.05) is 11.3 Å². The number of amides is 1. The molecule has 0 saturated carbocycles. The maximum absolute atomic E-state index is 12.7. The van der Waals surface area contributed by atoms with Crippen molar-refractivity contribution < 1.29 is 9.59 Å². The Kier molecular flexibility index (Phi) is 1.83. The summed E-state index contributed by atoms with van der Waals surface area (Å²) in [5.41, 5.74) is 2.16. The molecule has 4 rings (SSSR count). The second-order valence-electron chi connectivity index (χ2n) is 5.07. The van der Waals surface area contributed by atoms with Gasteiger partial charge in [-0.25, -0.2) is 0 Å². The van der Waals surface area contributed by atoms with Crippen LogP contribution in [0.5, 0.6) is 0 Å². The summed E-state index contributed by atoms with van der Waals surface area (Å²) < 4.78 is 0. The Morgan fingerprint density at radius 3 is 2.53 bits per heavy atom. The van der Waals surface area contributed by atoms with Gasteiger partial charge in [0.2, 0.25) is 5.91 Å². The molecule has 1 amide bonds. The quantitative estimate of drug-likeness (QED) is 0.728. The highest BCUT2D eigenvalue weighted by Crippen LogP contribution is 2.46. The Labute approximate surface area is 110 Å². The normalized spacial score (nSPS) is 23.4. The molecule has 2 aliphatic rings. The maximum Gasteiger partial charge on any atom is 0.243 e. The highest BCUT2D eigenvalue weighted by molar-refractivity contribution is 6.28. The molecule has 2 aromatic carbocycles.